The van der Waals surface area contributed by atoms with E-state index in [1.54, 1.807) is 24.3 Å². The van der Waals surface area contributed by atoms with Crippen LogP contribution in [0.15, 0.2) is 24.3 Å². The Morgan fingerprint density at radius 2 is 1.88 bits per heavy atom. The van der Waals surface area contributed by atoms with Crippen molar-refractivity contribution in [3.05, 3.63) is 29.8 Å². The summed E-state index contributed by atoms with van der Waals surface area (Å²) >= 11 is 0. The lowest BCUT2D eigenvalue weighted by molar-refractivity contribution is -0.121. The maximum Gasteiger partial charge on any atom is 0.174 e. The van der Waals surface area contributed by atoms with Crippen molar-refractivity contribution in [3.8, 4) is 5.75 Å². The van der Waals surface area contributed by atoms with Crippen LogP contribution in [-0.4, -0.2) is 32.4 Å². The van der Waals surface area contributed by atoms with Gasteiger partial charge in [-0.05, 0) is 12.1 Å². The van der Waals surface area contributed by atoms with Crippen LogP contribution in [0.2, 0.25) is 0 Å². The number of benzene rings is 1. The Hall–Kier alpha value is -1.68. The van der Waals surface area contributed by atoms with E-state index in [0.29, 0.717) is 11.3 Å². The largest absolute Gasteiger partial charge is 0.496 e. The molecular weight excluding hydrogens is 208 g/mol. The standard InChI is InChI=1S/C12H14O4/c1-15-8-9(13)7-11(14)10-5-3-4-6-12(10)16-2/h3-6H,7-8H2,1-2H3. The van der Waals surface area contributed by atoms with Crippen LogP contribution in [0.1, 0.15) is 16.8 Å². The minimum Gasteiger partial charge on any atom is -0.496 e. The zero-order valence-corrected chi connectivity index (χ0v) is 9.36. The van der Waals surface area contributed by atoms with Crippen LogP contribution >= 0.6 is 0 Å². The molecule has 0 heterocycles. The molecule has 86 valence electrons. The van der Waals surface area contributed by atoms with E-state index in [4.69, 9.17) is 4.74 Å². The zero-order chi connectivity index (χ0) is 12.0. The van der Waals surface area contributed by atoms with Crippen molar-refractivity contribution >= 4 is 11.6 Å². The average Bonchev–Trinajstić information content (AvgIpc) is 2.29. The molecule has 1 rings (SSSR count). The van der Waals surface area contributed by atoms with E-state index in [1.165, 1.54) is 14.2 Å². The van der Waals surface area contributed by atoms with Gasteiger partial charge in [-0.2, -0.15) is 0 Å². The van der Waals surface area contributed by atoms with Crippen molar-refractivity contribution in [3.63, 3.8) is 0 Å². The van der Waals surface area contributed by atoms with E-state index < -0.39 is 0 Å². The highest BCUT2D eigenvalue weighted by atomic mass is 16.5. The highest BCUT2D eigenvalue weighted by Gasteiger charge is 2.15. The van der Waals surface area contributed by atoms with Crippen molar-refractivity contribution in [1.82, 2.24) is 0 Å². The minimum atomic E-state index is -0.250. The van der Waals surface area contributed by atoms with Gasteiger partial charge in [0.05, 0.1) is 19.1 Å². The second-order valence-corrected chi connectivity index (χ2v) is 3.27. The second kappa shape index (κ2) is 6.02. The summed E-state index contributed by atoms with van der Waals surface area (Å²) in [5.41, 5.74) is 0.425. The summed E-state index contributed by atoms with van der Waals surface area (Å²) in [5.74, 6) is -0.00405. The van der Waals surface area contributed by atoms with Crippen LogP contribution < -0.4 is 4.74 Å². The molecule has 16 heavy (non-hydrogen) atoms. The number of ketones is 2. The van der Waals surface area contributed by atoms with E-state index in [-0.39, 0.29) is 24.6 Å². The summed E-state index contributed by atoms with van der Waals surface area (Å²) in [7, 11) is 2.91. The molecule has 0 amide bonds. The van der Waals surface area contributed by atoms with E-state index in [9.17, 15) is 9.59 Å². The Bertz CT molecular complexity index is 384. The van der Waals surface area contributed by atoms with E-state index in [1.807, 2.05) is 0 Å². The van der Waals surface area contributed by atoms with E-state index in [2.05, 4.69) is 4.74 Å². The predicted octanol–water partition coefficient (Wildman–Crippen LogP) is 1.48. The highest BCUT2D eigenvalue weighted by molar-refractivity contribution is 6.09. The third kappa shape index (κ3) is 3.17. The first-order valence-corrected chi connectivity index (χ1v) is 4.86. The lowest BCUT2D eigenvalue weighted by Gasteiger charge is -2.06. The van der Waals surface area contributed by atoms with Crippen LogP contribution in [0.25, 0.3) is 0 Å². The highest BCUT2D eigenvalue weighted by Crippen LogP contribution is 2.18. The summed E-state index contributed by atoms with van der Waals surface area (Å²) < 4.78 is 9.71. The number of methoxy groups -OCH3 is 2. The molecule has 4 nitrogen and oxygen atoms in total. The molecule has 0 spiro atoms. The van der Waals surface area contributed by atoms with E-state index >= 15 is 0 Å². The number of hydrogen-bond donors (Lipinski definition) is 0. The van der Waals surface area contributed by atoms with Gasteiger partial charge >= 0.3 is 0 Å². The fourth-order valence-electron chi connectivity index (χ4n) is 1.36. The molecule has 0 radical (unpaired) electrons. The van der Waals surface area contributed by atoms with Gasteiger partial charge < -0.3 is 9.47 Å². The second-order valence-electron chi connectivity index (χ2n) is 3.27. The molecule has 1 aromatic rings. The Labute approximate surface area is 94.2 Å². The number of hydrogen-bond acceptors (Lipinski definition) is 4. The van der Waals surface area contributed by atoms with Crippen LogP contribution in [0.4, 0.5) is 0 Å². The Morgan fingerprint density at radius 3 is 2.50 bits per heavy atom. The Morgan fingerprint density at radius 1 is 1.19 bits per heavy atom. The van der Waals surface area contributed by atoms with Gasteiger partial charge in [0.25, 0.3) is 0 Å². The monoisotopic (exact) mass is 222 g/mol. The molecule has 0 atom stereocenters. The summed E-state index contributed by atoms with van der Waals surface area (Å²) in [6.07, 6.45) is -0.159. The third-order valence-electron chi connectivity index (χ3n) is 2.07. The number of ether oxygens (including phenoxy) is 2. The molecule has 0 aliphatic rings. The first-order valence-electron chi connectivity index (χ1n) is 4.86. The normalized spacial score (nSPS) is 9.88. The van der Waals surface area contributed by atoms with Gasteiger partial charge in [0.2, 0.25) is 0 Å². The van der Waals surface area contributed by atoms with Crippen LogP contribution in [0, 0.1) is 0 Å². The fraction of sp³-hybridized carbons (Fsp3) is 0.333. The molecule has 4 heteroatoms. The van der Waals surface area contributed by atoms with Gasteiger partial charge in [-0.15, -0.1) is 0 Å². The third-order valence-corrected chi connectivity index (χ3v) is 2.07. The number of carbonyl (C=O) groups excluding carboxylic acids is 2. The van der Waals surface area contributed by atoms with Gasteiger partial charge in [-0.1, -0.05) is 12.1 Å². The fourth-order valence-corrected chi connectivity index (χ4v) is 1.36. The van der Waals surface area contributed by atoms with Gasteiger partial charge in [0.1, 0.15) is 12.4 Å². The first-order chi connectivity index (χ1) is 7.69. The number of carbonyl (C=O) groups is 2. The SMILES string of the molecule is COCC(=O)CC(=O)c1ccccc1OC. The molecule has 0 aliphatic carbocycles. The van der Waals surface area contributed by atoms with Gasteiger partial charge in [-0.3, -0.25) is 9.59 Å². The average molecular weight is 222 g/mol. The number of Topliss-reactive ketones (excluding diaryl/α,β-unsaturated/α-hetero) is 2. The van der Waals surface area contributed by atoms with E-state index in [0.717, 1.165) is 0 Å². The summed E-state index contributed by atoms with van der Waals surface area (Å²) in [6.45, 7) is -0.0408. The summed E-state index contributed by atoms with van der Waals surface area (Å²) in [5, 5.41) is 0. The van der Waals surface area contributed by atoms with Crippen molar-refractivity contribution in [2.24, 2.45) is 0 Å². The lowest BCUT2D eigenvalue weighted by atomic mass is 10.1. The molecule has 1 aromatic carbocycles. The quantitative estimate of drug-likeness (QED) is 0.540. The van der Waals surface area contributed by atoms with Gasteiger partial charge in [-0.25, -0.2) is 0 Å². The molecule has 0 saturated heterocycles. The van der Waals surface area contributed by atoms with Crippen molar-refractivity contribution in [2.75, 3.05) is 20.8 Å². The van der Waals surface area contributed by atoms with Crippen LogP contribution in [-0.2, 0) is 9.53 Å². The maximum absolute atomic E-state index is 11.8. The predicted molar refractivity (Wildman–Crippen MR) is 58.8 cm³/mol. The Kier molecular flexibility index (Phi) is 4.66. The van der Waals surface area contributed by atoms with Gasteiger partial charge in [0.15, 0.2) is 11.6 Å². The lowest BCUT2D eigenvalue weighted by Crippen LogP contribution is -2.13. The molecule has 0 bridgehead atoms. The topological polar surface area (TPSA) is 52.6 Å². The smallest absolute Gasteiger partial charge is 0.174 e. The number of para-hydroxylation sites is 1. The van der Waals surface area contributed by atoms with Crippen LogP contribution in [0.3, 0.4) is 0 Å². The van der Waals surface area contributed by atoms with Crippen LogP contribution in [0.5, 0.6) is 5.75 Å². The summed E-state index contributed by atoms with van der Waals surface area (Å²) in [6, 6.07) is 6.83. The van der Waals surface area contributed by atoms with Crippen molar-refractivity contribution in [2.45, 2.75) is 6.42 Å². The minimum absolute atomic E-state index is 0.0408. The van der Waals surface area contributed by atoms with Crippen molar-refractivity contribution < 1.29 is 19.1 Å². The van der Waals surface area contributed by atoms with Crippen molar-refractivity contribution in [1.29, 1.82) is 0 Å². The van der Waals surface area contributed by atoms with Gasteiger partial charge in [0, 0.05) is 7.11 Å². The Balaban J connectivity index is 2.76. The summed E-state index contributed by atoms with van der Waals surface area (Å²) in [4.78, 5) is 23.0. The molecule has 0 N–H and O–H groups in total. The molecule has 0 unspecified atom stereocenters. The molecule has 0 fully saturated rings. The first kappa shape index (κ1) is 12.4. The molecule has 0 saturated carbocycles. The number of rotatable bonds is 6. The maximum atomic E-state index is 11.8. The molecule has 0 aromatic heterocycles. The zero-order valence-electron chi connectivity index (χ0n) is 9.36. The molecule has 0 aliphatic heterocycles. The molecular formula is C12H14O4.